The first-order valence-corrected chi connectivity index (χ1v) is 5.48. The molecule has 0 aliphatic carbocycles. The van der Waals surface area contributed by atoms with E-state index in [2.05, 4.69) is 10.1 Å². The van der Waals surface area contributed by atoms with Crippen LogP contribution in [-0.2, 0) is 6.17 Å². The molecule has 0 amide bonds. The summed E-state index contributed by atoms with van der Waals surface area (Å²) in [5.74, 6) is 1.10. The molecule has 0 unspecified atom stereocenters. The van der Waals surface area contributed by atoms with Crippen molar-refractivity contribution in [3.8, 4) is 0 Å². The summed E-state index contributed by atoms with van der Waals surface area (Å²) in [5, 5.41) is 3.86. The lowest BCUT2D eigenvalue weighted by molar-refractivity contribution is 0.213. The maximum absolute atomic E-state index is 8.77. The van der Waals surface area contributed by atoms with E-state index in [1.165, 1.54) is 4.68 Å². The number of hydrogen-bond acceptors (Lipinski definition) is 5. The molecular formula is C5H11N3O3Si. The largest absolute Gasteiger partial charge is 0.515 e. The van der Waals surface area contributed by atoms with E-state index in [-0.39, 0.29) is 6.17 Å². The molecule has 6 nitrogen and oxygen atoms in total. The number of hydrogen-bond donors (Lipinski definition) is 3. The number of aromatic nitrogens is 3. The molecule has 1 heterocycles. The number of nitrogens with zero attached hydrogens (tertiary/aromatic N) is 3. The van der Waals surface area contributed by atoms with E-state index in [0.717, 1.165) is 0 Å². The highest BCUT2D eigenvalue weighted by Crippen LogP contribution is 1.98. The molecule has 0 saturated heterocycles. The van der Waals surface area contributed by atoms with E-state index in [4.69, 9.17) is 14.4 Å². The lowest BCUT2D eigenvalue weighted by Gasteiger charge is -2.09. The van der Waals surface area contributed by atoms with Gasteiger partial charge in [0.25, 0.3) is 0 Å². The maximum atomic E-state index is 8.77. The van der Waals surface area contributed by atoms with Gasteiger partial charge < -0.3 is 14.4 Å². The van der Waals surface area contributed by atoms with Gasteiger partial charge in [0.2, 0.25) is 0 Å². The van der Waals surface area contributed by atoms with Crippen molar-refractivity contribution in [2.45, 2.75) is 20.0 Å². The molecular weight excluding hydrogens is 178 g/mol. The zero-order chi connectivity index (χ0) is 9.35. The van der Waals surface area contributed by atoms with Crippen LogP contribution >= 0.6 is 0 Å². The summed E-state index contributed by atoms with van der Waals surface area (Å²) in [7, 11) is -4.06. The van der Waals surface area contributed by atoms with Crippen LogP contribution in [0.3, 0.4) is 0 Å². The van der Waals surface area contributed by atoms with Crippen LogP contribution in [0.1, 0.15) is 11.6 Å². The number of rotatable bonds is 2. The minimum atomic E-state index is -4.06. The molecule has 1 aromatic rings. The van der Waals surface area contributed by atoms with Crippen LogP contribution in [-0.4, -0.2) is 38.0 Å². The highest BCUT2D eigenvalue weighted by Gasteiger charge is 2.29. The molecule has 0 atom stereocenters. The zero-order valence-corrected chi connectivity index (χ0v) is 7.89. The Balaban J connectivity index is 2.82. The summed E-state index contributed by atoms with van der Waals surface area (Å²) in [6.07, 6.45) is -0.264. The van der Waals surface area contributed by atoms with E-state index in [1.54, 1.807) is 13.8 Å². The Morgan fingerprint density at radius 3 is 2.25 bits per heavy atom. The lowest BCUT2D eigenvalue weighted by Crippen LogP contribution is -2.41. The SMILES string of the molecule is Cc1nc(C)n(C[Si](O)(O)O)n1. The van der Waals surface area contributed by atoms with E-state index >= 15 is 0 Å². The summed E-state index contributed by atoms with van der Waals surface area (Å²) in [4.78, 5) is 30.2. The van der Waals surface area contributed by atoms with E-state index in [9.17, 15) is 0 Å². The Hall–Kier alpha value is -0.763. The molecule has 0 aromatic carbocycles. The van der Waals surface area contributed by atoms with E-state index in [1.807, 2.05) is 0 Å². The van der Waals surface area contributed by atoms with Crippen molar-refractivity contribution < 1.29 is 14.4 Å². The van der Waals surface area contributed by atoms with Crippen LogP contribution in [0.25, 0.3) is 0 Å². The fraction of sp³-hybridized carbons (Fsp3) is 0.600. The first kappa shape index (κ1) is 9.33. The Labute approximate surface area is 70.5 Å². The third-order valence-electron chi connectivity index (χ3n) is 1.32. The van der Waals surface area contributed by atoms with Gasteiger partial charge in [-0.25, -0.2) is 9.67 Å². The van der Waals surface area contributed by atoms with Crippen molar-refractivity contribution in [3.63, 3.8) is 0 Å². The first-order valence-electron chi connectivity index (χ1n) is 3.44. The minimum absolute atomic E-state index is 0.264. The second kappa shape index (κ2) is 2.94. The van der Waals surface area contributed by atoms with Crippen molar-refractivity contribution in [2.75, 3.05) is 0 Å². The number of aryl methyl sites for hydroxylation is 2. The van der Waals surface area contributed by atoms with Crippen LogP contribution in [0, 0.1) is 13.8 Å². The molecule has 1 aromatic heterocycles. The summed E-state index contributed by atoms with van der Waals surface area (Å²) in [6.45, 7) is 3.37. The maximum Gasteiger partial charge on any atom is 0.515 e. The van der Waals surface area contributed by atoms with Crippen LogP contribution < -0.4 is 0 Å². The first-order chi connectivity index (χ1) is 5.38. The van der Waals surface area contributed by atoms with Crippen LogP contribution in [0.2, 0.25) is 0 Å². The van der Waals surface area contributed by atoms with Crippen LogP contribution in [0.4, 0.5) is 0 Å². The highest BCUT2D eigenvalue weighted by molar-refractivity contribution is 6.54. The van der Waals surface area contributed by atoms with Gasteiger partial charge in [-0.2, -0.15) is 5.10 Å². The zero-order valence-electron chi connectivity index (χ0n) is 6.89. The minimum Gasteiger partial charge on any atom is -0.389 e. The molecule has 7 heteroatoms. The molecule has 1 rings (SSSR count). The summed E-state index contributed by atoms with van der Waals surface area (Å²) in [6, 6.07) is 0. The molecule has 0 bridgehead atoms. The predicted octanol–water partition coefficient (Wildman–Crippen LogP) is -1.65. The second-order valence-corrected chi connectivity index (χ2v) is 4.50. The molecule has 0 spiro atoms. The topological polar surface area (TPSA) is 91.4 Å². The molecule has 0 radical (unpaired) electrons. The average Bonchev–Trinajstić information content (AvgIpc) is 2.06. The second-order valence-electron chi connectivity index (χ2n) is 2.64. The van der Waals surface area contributed by atoms with Crippen molar-refractivity contribution in [2.24, 2.45) is 0 Å². The van der Waals surface area contributed by atoms with Gasteiger partial charge in [-0.3, -0.25) is 0 Å². The quantitative estimate of drug-likeness (QED) is 0.485. The standard InChI is InChI=1S/C5H11N3O3Si/c1-4-6-5(2)8(7-4)3-12(9,10)11/h9-11H,3H2,1-2H3. The highest BCUT2D eigenvalue weighted by atomic mass is 28.4. The Kier molecular flexibility index (Phi) is 2.28. The van der Waals surface area contributed by atoms with Crippen molar-refractivity contribution in [3.05, 3.63) is 11.6 Å². The summed E-state index contributed by atoms with van der Waals surface area (Å²) >= 11 is 0. The van der Waals surface area contributed by atoms with Gasteiger partial charge in [-0.05, 0) is 13.8 Å². The molecule has 0 aliphatic rings. The fourth-order valence-corrected chi connectivity index (χ4v) is 1.61. The van der Waals surface area contributed by atoms with Crippen LogP contribution in [0.5, 0.6) is 0 Å². The Morgan fingerprint density at radius 2 is 1.92 bits per heavy atom. The van der Waals surface area contributed by atoms with Gasteiger partial charge in [0.1, 0.15) is 17.8 Å². The summed E-state index contributed by atoms with van der Waals surface area (Å²) < 4.78 is 1.28. The van der Waals surface area contributed by atoms with Gasteiger partial charge in [-0.15, -0.1) is 0 Å². The fourth-order valence-electron chi connectivity index (χ4n) is 0.912. The normalized spacial score (nSPS) is 12.1. The van der Waals surface area contributed by atoms with Gasteiger partial charge in [0.15, 0.2) is 0 Å². The van der Waals surface area contributed by atoms with E-state index < -0.39 is 8.80 Å². The average molecular weight is 189 g/mol. The Bertz CT molecular complexity index is 280. The van der Waals surface area contributed by atoms with E-state index in [0.29, 0.717) is 11.6 Å². The molecule has 0 saturated carbocycles. The monoisotopic (exact) mass is 189 g/mol. The Morgan fingerprint density at radius 1 is 1.33 bits per heavy atom. The van der Waals surface area contributed by atoms with Crippen molar-refractivity contribution in [1.82, 2.24) is 14.8 Å². The van der Waals surface area contributed by atoms with Gasteiger partial charge in [0.05, 0.1) is 0 Å². The van der Waals surface area contributed by atoms with Crippen molar-refractivity contribution in [1.29, 1.82) is 0 Å². The lowest BCUT2D eigenvalue weighted by atomic mass is 10.7. The van der Waals surface area contributed by atoms with Gasteiger partial charge >= 0.3 is 8.80 Å². The van der Waals surface area contributed by atoms with Gasteiger partial charge in [-0.1, -0.05) is 0 Å². The summed E-state index contributed by atoms with van der Waals surface area (Å²) in [5.41, 5.74) is 0. The van der Waals surface area contributed by atoms with Crippen molar-refractivity contribution >= 4 is 8.80 Å². The van der Waals surface area contributed by atoms with Gasteiger partial charge in [0, 0.05) is 0 Å². The molecule has 0 aliphatic heterocycles. The molecule has 3 N–H and O–H groups in total. The molecule has 12 heavy (non-hydrogen) atoms. The van der Waals surface area contributed by atoms with Crippen LogP contribution in [0.15, 0.2) is 0 Å². The predicted molar refractivity (Wildman–Crippen MR) is 41.9 cm³/mol. The molecule has 0 fully saturated rings. The third kappa shape index (κ3) is 2.38. The third-order valence-corrected chi connectivity index (χ3v) is 2.05. The molecule has 68 valence electrons. The smallest absolute Gasteiger partial charge is 0.389 e.